The Labute approximate surface area is 162 Å². The van der Waals surface area contributed by atoms with E-state index in [1.54, 1.807) is 49.5 Å². The van der Waals surface area contributed by atoms with Crippen molar-refractivity contribution in [3.8, 4) is 22.6 Å². The molecule has 0 atom stereocenters. The highest BCUT2D eigenvalue weighted by molar-refractivity contribution is 6.31. The average Bonchev–Trinajstić information content (AvgIpc) is 2.72. The molecule has 0 fully saturated rings. The second-order valence-electron chi connectivity index (χ2n) is 6.48. The minimum Gasteiger partial charge on any atom is -0.506 e. The Morgan fingerprint density at radius 3 is 2.07 bits per heavy atom. The molecule has 0 aromatic heterocycles. The lowest BCUT2D eigenvalue weighted by Crippen LogP contribution is -2.22. The highest BCUT2D eigenvalue weighted by Gasteiger charge is 2.35. The van der Waals surface area contributed by atoms with Crippen molar-refractivity contribution in [1.29, 1.82) is 0 Å². The maximum absolute atomic E-state index is 13.1. The van der Waals surface area contributed by atoms with E-state index in [2.05, 4.69) is 5.32 Å². The maximum Gasteiger partial charge on any atom is 0.198 e. The zero-order chi connectivity index (χ0) is 19.8. The van der Waals surface area contributed by atoms with Crippen molar-refractivity contribution < 1.29 is 19.4 Å². The number of carbonyl (C=O) groups is 2. The van der Waals surface area contributed by atoms with Crippen molar-refractivity contribution in [3.63, 3.8) is 0 Å². The van der Waals surface area contributed by atoms with Gasteiger partial charge in [-0.05, 0) is 30.7 Å². The fraction of sp³-hybridized carbons (Fsp3) is 0.130. The maximum atomic E-state index is 13.1. The molecule has 3 aromatic rings. The van der Waals surface area contributed by atoms with Crippen molar-refractivity contribution in [3.05, 3.63) is 76.9 Å². The van der Waals surface area contributed by atoms with Crippen LogP contribution < -0.4 is 10.1 Å². The SMILES string of the molecule is CCOc1ccc(-c2cc(NC)c3c(c2O)C(=O)c2ccccc2C3=O)cc1. The van der Waals surface area contributed by atoms with E-state index in [-0.39, 0.29) is 28.4 Å². The second-order valence-corrected chi connectivity index (χ2v) is 6.48. The lowest BCUT2D eigenvalue weighted by molar-refractivity contribution is 0.0977. The molecule has 0 saturated carbocycles. The second kappa shape index (κ2) is 6.85. The van der Waals surface area contributed by atoms with Gasteiger partial charge in [-0.25, -0.2) is 0 Å². The summed E-state index contributed by atoms with van der Waals surface area (Å²) in [6.07, 6.45) is 0. The van der Waals surface area contributed by atoms with Gasteiger partial charge in [-0.3, -0.25) is 9.59 Å². The third kappa shape index (κ3) is 2.63. The summed E-state index contributed by atoms with van der Waals surface area (Å²) in [7, 11) is 1.69. The molecule has 1 aliphatic rings. The molecule has 4 rings (SSSR count). The number of benzene rings is 3. The highest BCUT2D eigenvalue weighted by atomic mass is 16.5. The van der Waals surface area contributed by atoms with E-state index in [9.17, 15) is 14.7 Å². The van der Waals surface area contributed by atoms with Crippen LogP contribution in [0.2, 0.25) is 0 Å². The number of anilines is 1. The van der Waals surface area contributed by atoms with Crippen LogP contribution in [0.1, 0.15) is 38.8 Å². The van der Waals surface area contributed by atoms with Gasteiger partial charge in [-0.1, -0.05) is 36.4 Å². The first kappa shape index (κ1) is 17.8. The van der Waals surface area contributed by atoms with Crippen molar-refractivity contribution in [2.75, 3.05) is 19.0 Å². The number of ketones is 2. The Morgan fingerprint density at radius 1 is 0.893 bits per heavy atom. The summed E-state index contributed by atoms with van der Waals surface area (Å²) in [6, 6.07) is 15.6. The van der Waals surface area contributed by atoms with E-state index in [0.717, 1.165) is 11.3 Å². The number of ether oxygens (including phenoxy) is 1. The molecule has 1 aliphatic carbocycles. The third-order valence-corrected chi connectivity index (χ3v) is 4.92. The Kier molecular flexibility index (Phi) is 4.35. The van der Waals surface area contributed by atoms with Crippen LogP contribution in [0.5, 0.6) is 11.5 Å². The molecular formula is C23H19NO4. The van der Waals surface area contributed by atoms with Crippen molar-refractivity contribution in [2.45, 2.75) is 6.92 Å². The van der Waals surface area contributed by atoms with Gasteiger partial charge in [0.15, 0.2) is 11.6 Å². The standard InChI is InChI=1S/C23H19NO4/c1-3-28-14-10-8-13(9-11-14)17-12-18(24-2)19-20(23(17)27)22(26)16-7-5-4-6-15(16)21(19)25/h4-12,24,27H,3H2,1-2H3. The predicted molar refractivity (Wildman–Crippen MR) is 108 cm³/mol. The van der Waals surface area contributed by atoms with Crippen LogP contribution in [0.15, 0.2) is 54.6 Å². The molecule has 140 valence electrons. The first-order valence-corrected chi connectivity index (χ1v) is 9.06. The van der Waals surface area contributed by atoms with Crippen molar-refractivity contribution in [2.24, 2.45) is 0 Å². The molecule has 0 spiro atoms. The molecule has 0 unspecified atom stereocenters. The van der Waals surface area contributed by atoms with E-state index in [1.165, 1.54) is 0 Å². The Balaban J connectivity index is 1.93. The van der Waals surface area contributed by atoms with E-state index in [1.807, 2.05) is 19.1 Å². The van der Waals surface area contributed by atoms with Gasteiger partial charge in [0, 0.05) is 29.4 Å². The number of fused-ring (bicyclic) bond motifs is 2. The zero-order valence-electron chi connectivity index (χ0n) is 15.6. The van der Waals surface area contributed by atoms with Crippen LogP contribution in [0.25, 0.3) is 11.1 Å². The number of hydrogen-bond acceptors (Lipinski definition) is 5. The first-order valence-electron chi connectivity index (χ1n) is 9.06. The fourth-order valence-corrected chi connectivity index (χ4v) is 3.59. The van der Waals surface area contributed by atoms with Gasteiger partial charge < -0.3 is 15.2 Å². The lowest BCUT2D eigenvalue weighted by atomic mass is 9.81. The first-order chi connectivity index (χ1) is 13.6. The molecule has 2 N–H and O–H groups in total. The molecule has 0 saturated heterocycles. The topological polar surface area (TPSA) is 75.6 Å². The summed E-state index contributed by atoms with van der Waals surface area (Å²) in [6.45, 7) is 2.46. The number of phenols is 1. The van der Waals surface area contributed by atoms with Gasteiger partial charge in [0.2, 0.25) is 0 Å². The molecule has 0 radical (unpaired) electrons. The van der Waals surface area contributed by atoms with Gasteiger partial charge in [0.1, 0.15) is 11.5 Å². The molecule has 3 aromatic carbocycles. The minimum absolute atomic E-state index is 0.0411. The molecular weight excluding hydrogens is 354 g/mol. The number of nitrogens with one attached hydrogen (secondary N) is 1. The minimum atomic E-state index is -0.355. The summed E-state index contributed by atoms with van der Waals surface area (Å²) < 4.78 is 5.46. The molecule has 0 bridgehead atoms. The molecule has 5 nitrogen and oxygen atoms in total. The summed E-state index contributed by atoms with van der Waals surface area (Å²) in [5, 5.41) is 14.0. The summed E-state index contributed by atoms with van der Waals surface area (Å²) >= 11 is 0. The Morgan fingerprint density at radius 2 is 1.50 bits per heavy atom. The van der Waals surface area contributed by atoms with Crippen LogP contribution in [0, 0.1) is 0 Å². The third-order valence-electron chi connectivity index (χ3n) is 4.92. The number of carbonyl (C=O) groups excluding carboxylic acids is 2. The summed E-state index contributed by atoms with van der Waals surface area (Å²) in [5.41, 5.74) is 2.61. The quantitative estimate of drug-likeness (QED) is 0.522. The number of rotatable bonds is 4. The van der Waals surface area contributed by atoms with Gasteiger partial charge in [0.05, 0.1) is 17.7 Å². The number of hydrogen-bond donors (Lipinski definition) is 2. The molecule has 28 heavy (non-hydrogen) atoms. The van der Waals surface area contributed by atoms with Crippen LogP contribution >= 0.6 is 0 Å². The predicted octanol–water partition coefficient (Wildman–Crippen LogP) is 4.28. The largest absolute Gasteiger partial charge is 0.506 e. The smallest absolute Gasteiger partial charge is 0.198 e. The zero-order valence-corrected chi connectivity index (χ0v) is 15.6. The molecule has 0 aliphatic heterocycles. The van der Waals surface area contributed by atoms with Gasteiger partial charge >= 0.3 is 0 Å². The van der Waals surface area contributed by atoms with Gasteiger partial charge in [-0.2, -0.15) is 0 Å². The Hall–Kier alpha value is -3.60. The van der Waals surface area contributed by atoms with Crippen molar-refractivity contribution >= 4 is 17.3 Å². The van der Waals surface area contributed by atoms with Crippen LogP contribution in [0.4, 0.5) is 5.69 Å². The number of phenolic OH excluding ortho intramolecular Hbond substituents is 1. The fourth-order valence-electron chi connectivity index (χ4n) is 3.59. The Bertz CT molecular complexity index is 1100. The number of aromatic hydroxyl groups is 1. The van der Waals surface area contributed by atoms with Gasteiger partial charge in [-0.15, -0.1) is 0 Å². The van der Waals surface area contributed by atoms with Crippen molar-refractivity contribution in [1.82, 2.24) is 0 Å². The normalized spacial score (nSPS) is 12.4. The van der Waals surface area contributed by atoms with E-state index in [4.69, 9.17) is 4.74 Å². The van der Waals surface area contributed by atoms with E-state index < -0.39 is 0 Å². The summed E-state index contributed by atoms with van der Waals surface area (Å²) in [4.78, 5) is 26.1. The van der Waals surface area contributed by atoms with E-state index in [0.29, 0.717) is 29.0 Å². The van der Waals surface area contributed by atoms with E-state index >= 15 is 0 Å². The monoisotopic (exact) mass is 373 g/mol. The highest BCUT2D eigenvalue weighted by Crippen LogP contribution is 2.43. The molecule has 0 amide bonds. The van der Waals surface area contributed by atoms with Gasteiger partial charge in [0.25, 0.3) is 0 Å². The lowest BCUT2D eigenvalue weighted by Gasteiger charge is -2.23. The summed E-state index contributed by atoms with van der Waals surface area (Å²) in [5.74, 6) is -0.0983. The van der Waals surface area contributed by atoms with Crippen LogP contribution in [-0.2, 0) is 0 Å². The van der Waals surface area contributed by atoms with Crippen LogP contribution in [0.3, 0.4) is 0 Å². The van der Waals surface area contributed by atoms with Crippen LogP contribution in [-0.4, -0.2) is 30.3 Å². The average molecular weight is 373 g/mol. The molecule has 5 heteroatoms. The molecule has 0 heterocycles.